The number of hydrogen-bond acceptors (Lipinski definition) is 2. The van der Waals surface area contributed by atoms with Crippen LogP contribution in [0.3, 0.4) is 0 Å². The summed E-state index contributed by atoms with van der Waals surface area (Å²) in [4.78, 5) is 2.79. The van der Waals surface area contributed by atoms with E-state index in [2.05, 4.69) is 24.1 Å². The molecule has 3 rings (SSSR count). The molecule has 3 aliphatic rings. The van der Waals surface area contributed by atoms with Crippen molar-refractivity contribution in [3.63, 3.8) is 0 Å². The fraction of sp³-hybridized carbons (Fsp3) is 1.00. The first-order chi connectivity index (χ1) is 8.72. The summed E-state index contributed by atoms with van der Waals surface area (Å²) < 4.78 is 0. The third-order valence-corrected chi connectivity index (χ3v) is 5.74. The predicted molar refractivity (Wildman–Crippen MR) is 76.8 cm³/mol. The van der Waals surface area contributed by atoms with Gasteiger partial charge in [-0.3, -0.25) is 4.90 Å². The van der Waals surface area contributed by atoms with Gasteiger partial charge in [-0.25, -0.2) is 0 Å². The second kappa shape index (κ2) is 5.50. The molecule has 3 aliphatic heterocycles. The Kier molecular flexibility index (Phi) is 3.95. The Morgan fingerprint density at radius 1 is 0.944 bits per heavy atom. The molecule has 2 heteroatoms. The van der Waals surface area contributed by atoms with Crippen LogP contribution < -0.4 is 5.32 Å². The first kappa shape index (κ1) is 12.9. The Labute approximate surface area is 113 Å². The third-order valence-electron chi connectivity index (χ3n) is 5.74. The van der Waals surface area contributed by atoms with Gasteiger partial charge in [0.25, 0.3) is 0 Å². The maximum Gasteiger partial charge on any atom is 0.00728 e. The molecule has 3 fully saturated rings. The van der Waals surface area contributed by atoms with E-state index in [4.69, 9.17) is 0 Å². The van der Waals surface area contributed by atoms with E-state index in [1.807, 2.05) is 0 Å². The molecule has 1 N–H and O–H groups in total. The molecule has 2 unspecified atom stereocenters. The second-order valence-electron chi connectivity index (χ2n) is 7.13. The first-order valence-electron chi connectivity index (χ1n) is 8.24. The molecular weight excluding hydrogens is 220 g/mol. The summed E-state index contributed by atoms with van der Waals surface area (Å²) in [5.41, 5.74) is 0. The van der Waals surface area contributed by atoms with Crippen LogP contribution in [0.5, 0.6) is 0 Å². The van der Waals surface area contributed by atoms with Crippen LogP contribution in [0.4, 0.5) is 0 Å². The molecule has 0 aliphatic carbocycles. The number of rotatable bonds is 3. The van der Waals surface area contributed by atoms with Gasteiger partial charge in [-0.05, 0) is 71.3 Å². The lowest BCUT2D eigenvalue weighted by molar-refractivity contribution is 0.0914. The highest BCUT2D eigenvalue weighted by molar-refractivity contribution is 4.92. The first-order valence-corrected chi connectivity index (χ1v) is 8.24. The number of hydrogen-bond donors (Lipinski definition) is 1. The molecule has 2 nitrogen and oxygen atoms in total. The smallest absolute Gasteiger partial charge is 0.00728 e. The van der Waals surface area contributed by atoms with Gasteiger partial charge in [-0.2, -0.15) is 0 Å². The van der Waals surface area contributed by atoms with E-state index >= 15 is 0 Å². The molecule has 2 bridgehead atoms. The van der Waals surface area contributed by atoms with Crippen LogP contribution in [0, 0.1) is 5.92 Å². The zero-order valence-electron chi connectivity index (χ0n) is 12.2. The van der Waals surface area contributed by atoms with Crippen LogP contribution in [-0.2, 0) is 0 Å². The van der Waals surface area contributed by atoms with Crippen LogP contribution in [-0.4, -0.2) is 35.6 Å². The van der Waals surface area contributed by atoms with Gasteiger partial charge in [0.2, 0.25) is 0 Å². The maximum atomic E-state index is 3.76. The topological polar surface area (TPSA) is 15.3 Å². The summed E-state index contributed by atoms with van der Waals surface area (Å²) in [6, 6.07) is 3.38. The van der Waals surface area contributed by atoms with Crippen molar-refractivity contribution in [3.8, 4) is 0 Å². The van der Waals surface area contributed by atoms with Crippen molar-refractivity contribution in [2.24, 2.45) is 5.92 Å². The van der Waals surface area contributed by atoms with E-state index in [1.54, 1.807) is 0 Å². The fourth-order valence-electron chi connectivity index (χ4n) is 4.66. The van der Waals surface area contributed by atoms with Crippen molar-refractivity contribution in [2.45, 2.75) is 89.4 Å². The summed E-state index contributed by atoms with van der Waals surface area (Å²) in [5, 5.41) is 3.76. The van der Waals surface area contributed by atoms with Crippen molar-refractivity contribution in [2.75, 3.05) is 6.54 Å². The van der Waals surface area contributed by atoms with Crippen LogP contribution in [0.2, 0.25) is 0 Å². The summed E-state index contributed by atoms with van der Waals surface area (Å²) in [5.74, 6) is 1.00. The monoisotopic (exact) mass is 250 g/mol. The van der Waals surface area contributed by atoms with E-state index in [-0.39, 0.29) is 0 Å². The highest BCUT2D eigenvalue weighted by Crippen LogP contribution is 2.33. The average Bonchev–Trinajstić information content (AvgIpc) is 2.68. The average molecular weight is 250 g/mol. The number of likely N-dealkylation sites (tertiary alicyclic amines) is 1. The molecule has 4 atom stereocenters. The molecule has 18 heavy (non-hydrogen) atoms. The maximum absolute atomic E-state index is 3.76. The van der Waals surface area contributed by atoms with Crippen LogP contribution in [0.15, 0.2) is 0 Å². The molecule has 0 radical (unpaired) electrons. The molecule has 0 aromatic rings. The van der Waals surface area contributed by atoms with Gasteiger partial charge in [-0.1, -0.05) is 6.42 Å². The molecular formula is C16H30N2. The van der Waals surface area contributed by atoms with Crippen molar-refractivity contribution in [3.05, 3.63) is 0 Å². The van der Waals surface area contributed by atoms with Crippen LogP contribution >= 0.6 is 0 Å². The molecule has 104 valence electrons. The van der Waals surface area contributed by atoms with Gasteiger partial charge >= 0.3 is 0 Å². The summed E-state index contributed by atoms with van der Waals surface area (Å²) in [6.45, 7) is 6.22. The predicted octanol–water partition coefficient (Wildman–Crippen LogP) is 3.17. The molecule has 0 amide bonds. The van der Waals surface area contributed by atoms with E-state index in [0.717, 1.165) is 30.1 Å². The van der Waals surface area contributed by atoms with Crippen LogP contribution in [0.25, 0.3) is 0 Å². The summed E-state index contributed by atoms with van der Waals surface area (Å²) >= 11 is 0. The molecule has 0 saturated carbocycles. The SMILES string of the molecule is C[C@@H]1CCC[C@H](C)N1CCC1CC2CCC(C1)N2. The summed E-state index contributed by atoms with van der Waals surface area (Å²) in [7, 11) is 0. The second-order valence-corrected chi connectivity index (χ2v) is 7.13. The van der Waals surface area contributed by atoms with E-state index < -0.39 is 0 Å². The molecule has 0 spiro atoms. The zero-order chi connectivity index (χ0) is 12.5. The van der Waals surface area contributed by atoms with E-state index in [0.29, 0.717) is 0 Å². The van der Waals surface area contributed by atoms with E-state index in [1.165, 1.54) is 57.9 Å². The Bertz CT molecular complexity index is 256. The molecule has 0 aromatic heterocycles. The van der Waals surface area contributed by atoms with Crippen molar-refractivity contribution in [1.29, 1.82) is 0 Å². The third kappa shape index (κ3) is 2.75. The normalized spacial score (nSPS) is 45.3. The van der Waals surface area contributed by atoms with Crippen molar-refractivity contribution in [1.82, 2.24) is 10.2 Å². The standard InChI is InChI=1S/C16H30N2/c1-12-4-3-5-13(2)18(12)9-8-14-10-15-6-7-16(11-14)17-15/h12-17H,3-11H2,1-2H3/t12-,13+,14?,15?,16?. The largest absolute Gasteiger partial charge is 0.311 e. The van der Waals surface area contributed by atoms with Gasteiger partial charge in [0.05, 0.1) is 0 Å². The quantitative estimate of drug-likeness (QED) is 0.827. The Morgan fingerprint density at radius 3 is 2.17 bits per heavy atom. The van der Waals surface area contributed by atoms with Crippen LogP contribution in [0.1, 0.15) is 65.2 Å². The Hall–Kier alpha value is -0.0800. The van der Waals surface area contributed by atoms with Crippen molar-refractivity contribution < 1.29 is 0 Å². The fourth-order valence-corrected chi connectivity index (χ4v) is 4.66. The molecule has 3 saturated heterocycles. The van der Waals surface area contributed by atoms with E-state index in [9.17, 15) is 0 Å². The minimum atomic E-state index is 0.826. The lowest BCUT2D eigenvalue weighted by Gasteiger charge is -2.40. The lowest BCUT2D eigenvalue weighted by atomic mass is 9.88. The highest BCUT2D eigenvalue weighted by Gasteiger charge is 2.34. The molecule has 3 heterocycles. The van der Waals surface area contributed by atoms with Gasteiger partial charge in [0.1, 0.15) is 0 Å². The molecule has 0 aromatic carbocycles. The number of piperidine rings is 2. The van der Waals surface area contributed by atoms with Crippen molar-refractivity contribution >= 4 is 0 Å². The number of nitrogens with zero attached hydrogens (tertiary/aromatic N) is 1. The van der Waals surface area contributed by atoms with Gasteiger partial charge < -0.3 is 5.32 Å². The highest BCUT2D eigenvalue weighted by atomic mass is 15.2. The van der Waals surface area contributed by atoms with Gasteiger partial charge in [0.15, 0.2) is 0 Å². The minimum absolute atomic E-state index is 0.826. The zero-order valence-corrected chi connectivity index (χ0v) is 12.2. The Morgan fingerprint density at radius 2 is 1.56 bits per heavy atom. The minimum Gasteiger partial charge on any atom is -0.311 e. The van der Waals surface area contributed by atoms with Gasteiger partial charge in [0, 0.05) is 24.2 Å². The summed E-state index contributed by atoms with van der Waals surface area (Å²) in [6.07, 6.45) is 11.5. The van der Waals surface area contributed by atoms with Gasteiger partial charge in [-0.15, -0.1) is 0 Å². The lowest BCUT2D eigenvalue weighted by Crippen LogP contribution is -2.45. The number of nitrogens with one attached hydrogen (secondary N) is 1. The number of fused-ring (bicyclic) bond motifs is 2. The Balaban J connectivity index is 1.48.